The van der Waals surface area contributed by atoms with Crippen LogP contribution in [0.4, 0.5) is 0 Å². The minimum Gasteiger partial charge on any atom is -0.507 e. The third-order valence-electron chi connectivity index (χ3n) is 2.79. The summed E-state index contributed by atoms with van der Waals surface area (Å²) in [5, 5.41) is 9.71. The molecule has 0 amide bonds. The van der Waals surface area contributed by atoms with Gasteiger partial charge in [-0.3, -0.25) is 0 Å². The van der Waals surface area contributed by atoms with Crippen molar-refractivity contribution in [2.75, 3.05) is 0 Å². The van der Waals surface area contributed by atoms with Gasteiger partial charge < -0.3 is 5.11 Å². The van der Waals surface area contributed by atoms with Crippen LogP contribution in [0.3, 0.4) is 0 Å². The predicted octanol–water partition coefficient (Wildman–Crippen LogP) is 3.74. The minimum atomic E-state index is 0.417. The molecule has 0 spiro atoms. The van der Waals surface area contributed by atoms with E-state index in [2.05, 4.69) is 6.08 Å². The van der Waals surface area contributed by atoms with Crippen molar-refractivity contribution >= 4 is 5.57 Å². The van der Waals surface area contributed by atoms with Crippen LogP contribution in [-0.4, -0.2) is 5.11 Å². The molecular formula is C13H16O. The maximum absolute atomic E-state index is 9.71. The van der Waals surface area contributed by atoms with Gasteiger partial charge in [0.15, 0.2) is 0 Å². The molecule has 14 heavy (non-hydrogen) atoms. The number of rotatable bonds is 1. The summed E-state index contributed by atoms with van der Waals surface area (Å²) in [6.45, 7) is 0. The van der Waals surface area contributed by atoms with Crippen molar-refractivity contribution in [3.8, 4) is 5.75 Å². The van der Waals surface area contributed by atoms with Crippen molar-refractivity contribution in [1.29, 1.82) is 0 Å². The van der Waals surface area contributed by atoms with Gasteiger partial charge >= 0.3 is 0 Å². The van der Waals surface area contributed by atoms with E-state index >= 15 is 0 Å². The molecule has 1 aromatic rings. The predicted molar refractivity (Wildman–Crippen MR) is 59.2 cm³/mol. The number of phenolic OH excluding ortho intramolecular Hbond substituents is 1. The highest BCUT2D eigenvalue weighted by atomic mass is 16.3. The highest BCUT2D eigenvalue weighted by molar-refractivity contribution is 5.70. The van der Waals surface area contributed by atoms with Crippen LogP contribution < -0.4 is 0 Å². The normalized spacial score (nSPS) is 17.3. The standard InChI is InChI=1S/C13H16O/c14-13-10-6-5-9-12(13)11-7-3-1-2-4-8-11/h5-7,9-10,14H,1-4,8H2. The smallest absolute Gasteiger partial charge is 0.123 e. The highest BCUT2D eigenvalue weighted by Crippen LogP contribution is 2.31. The van der Waals surface area contributed by atoms with Crippen LogP contribution in [0.5, 0.6) is 5.75 Å². The Labute approximate surface area is 85.1 Å². The molecule has 1 nitrogen and oxygen atoms in total. The summed E-state index contributed by atoms with van der Waals surface area (Å²) in [4.78, 5) is 0. The lowest BCUT2D eigenvalue weighted by Crippen LogP contribution is -1.84. The minimum absolute atomic E-state index is 0.417. The van der Waals surface area contributed by atoms with Crippen LogP contribution in [0.1, 0.15) is 37.7 Å². The van der Waals surface area contributed by atoms with Gasteiger partial charge in [0.2, 0.25) is 0 Å². The van der Waals surface area contributed by atoms with Gasteiger partial charge in [0.25, 0.3) is 0 Å². The molecule has 0 unspecified atom stereocenters. The Morgan fingerprint density at radius 1 is 1.00 bits per heavy atom. The van der Waals surface area contributed by atoms with Crippen molar-refractivity contribution in [3.05, 3.63) is 35.9 Å². The molecule has 2 rings (SSSR count). The SMILES string of the molecule is Oc1ccccc1C1=CCCCCC1. The van der Waals surface area contributed by atoms with Crippen LogP contribution >= 0.6 is 0 Å². The lowest BCUT2D eigenvalue weighted by molar-refractivity contribution is 0.473. The molecule has 0 aliphatic heterocycles. The second-order valence-corrected chi connectivity index (χ2v) is 3.85. The zero-order chi connectivity index (χ0) is 9.80. The largest absolute Gasteiger partial charge is 0.507 e. The molecule has 0 heterocycles. The van der Waals surface area contributed by atoms with E-state index in [1.807, 2.05) is 18.2 Å². The van der Waals surface area contributed by atoms with E-state index in [9.17, 15) is 5.11 Å². The van der Waals surface area contributed by atoms with Gasteiger partial charge in [-0.2, -0.15) is 0 Å². The summed E-state index contributed by atoms with van der Waals surface area (Å²) in [5.41, 5.74) is 2.34. The zero-order valence-corrected chi connectivity index (χ0v) is 8.37. The van der Waals surface area contributed by atoms with Gasteiger partial charge in [-0.25, -0.2) is 0 Å². The molecule has 1 aromatic carbocycles. The van der Waals surface area contributed by atoms with Gasteiger partial charge in [0, 0.05) is 5.56 Å². The van der Waals surface area contributed by atoms with Crippen molar-refractivity contribution in [3.63, 3.8) is 0 Å². The topological polar surface area (TPSA) is 20.2 Å². The maximum Gasteiger partial charge on any atom is 0.123 e. The van der Waals surface area contributed by atoms with Crippen molar-refractivity contribution in [2.45, 2.75) is 32.1 Å². The average Bonchev–Trinajstić information content (AvgIpc) is 2.47. The summed E-state index contributed by atoms with van der Waals surface area (Å²) >= 11 is 0. The van der Waals surface area contributed by atoms with E-state index < -0.39 is 0 Å². The quantitative estimate of drug-likeness (QED) is 0.711. The molecule has 1 aliphatic carbocycles. The van der Waals surface area contributed by atoms with E-state index in [-0.39, 0.29) is 0 Å². The second-order valence-electron chi connectivity index (χ2n) is 3.85. The molecule has 0 bridgehead atoms. The Morgan fingerprint density at radius 3 is 2.71 bits per heavy atom. The number of hydrogen-bond acceptors (Lipinski definition) is 1. The number of phenols is 1. The molecule has 1 N–H and O–H groups in total. The summed E-state index contributed by atoms with van der Waals surface area (Å²) in [6, 6.07) is 7.63. The molecule has 0 atom stereocenters. The van der Waals surface area contributed by atoms with E-state index in [1.54, 1.807) is 6.07 Å². The first-order chi connectivity index (χ1) is 6.88. The molecule has 1 heteroatoms. The molecule has 74 valence electrons. The molecule has 0 saturated carbocycles. The number of para-hydroxylation sites is 1. The van der Waals surface area contributed by atoms with Gasteiger partial charge in [0.05, 0.1) is 0 Å². The second kappa shape index (κ2) is 4.32. The van der Waals surface area contributed by atoms with Crippen molar-refractivity contribution < 1.29 is 5.11 Å². The van der Waals surface area contributed by atoms with Crippen molar-refractivity contribution in [1.82, 2.24) is 0 Å². The fourth-order valence-corrected chi connectivity index (χ4v) is 2.00. The Bertz CT molecular complexity index is 339. The van der Waals surface area contributed by atoms with Gasteiger partial charge in [-0.15, -0.1) is 0 Å². The number of hydrogen-bond donors (Lipinski definition) is 1. The Balaban J connectivity index is 2.29. The highest BCUT2D eigenvalue weighted by Gasteiger charge is 2.08. The third-order valence-corrected chi connectivity index (χ3v) is 2.79. The summed E-state index contributed by atoms with van der Waals surface area (Å²) in [7, 11) is 0. The van der Waals surface area contributed by atoms with E-state index in [1.165, 1.54) is 24.8 Å². The summed E-state index contributed by atoms with van der Waals surface area (Å²) < 4.78 is 0. The van der Waals surface area contributed by atoms with E-state index in [4.69, 9.17) is 0 Å². The van der Waals surface area contributed by atoms with Crippen LogP contribution in [0.25, 0.3) is 5.57 Å². The van der Waals surface area contributed by atoms with E-state index in [0.717, 1.165) is 18.4 Å². The van der Waals surface area contributed by atoms with Gasteiger partial charge in [0.1, 0.15) is 5.75 Å². The van der Waals surface area contributed by atoms with Crippen LogP contribution in [0.15, 0.2) is 30.3 Å². The van der Waals surface area contributed by atoms with Crippen LogP contribution in [0.2, 0.25) is 0 Å². The van der Waals surface area contributed by atoms with Crippen molar-refractivity contribution in [2.24, 2.45) is 0 Å². The maximum atomic E-state index is 9.71. The first-order valence-electron chi connectivity index (χ1n) is 5.35. The number of allylic oxidation sites excluding steroid dienone is 2. The fourth-order valence-electron chi connectivity index (χ4n) is 2.00. The lowest BCUT2D eigenvalue weighted by atomic mass is 10.0. The van der Waals surface area contributed by atoms with Gasteiger partial charge in [-0.05, 0) is 37.3 Å². The molecule has 0 fully saturated rings. The monoisotopic (exact) mass is 188 g/mol. The van der Waals surface area contributed by atoms with Crippen LogP contribution in [-0.2, 0) is 0 Å². The Hall–Kier alpha value is -1.24. The van der Waals surface area contributed by atoms with E-state index in [0.29, 0.717) is 5.75 Å². The Kier molecular flexibility index (Phi) is 2.87. The third kappa shape index (κ3) is 1.98. The first-order valence-corrected chi connectivity index (χ1v) is 5.35. The number of aromatic hydroxyl groups is 1. The molecular weight excluding hydrogens is 172 g/mol. The zero-order valence-electron chi connectivity index (χ0n) is 8.37. The molecule has 0 saturated heterocycles. The molecule has 0 radical (unpaired) electrons. The van der Waals surface area contributed by atoms with Crippen LogP contribution in [0, 0.1) is 0 Å². The summed E-state index contributed by atoms with van der Waals surface area (Å²) in [6.07, 6.45) is 8.40. The van der Waals surface area contributed by atoms with Gasteiger partial charge in [-0.1, -0.05) is 30.7 Å². The Morgan fingerprint density at radius 2 is 1.86 bits per heavy atom. The molecule has 0 aromatic heterocycles. The average molecular weight is 188 g/mol. The fraction of sp³-hybridized carbons (Fsp3) is 0.385. The number of benzene rings is 1. The first kappa shape index (κ1) is 9.32. The summed E-state index contributed by atoms with van der Waals surface area (Å²) in [5.74, 6) is 0.417. The lowest BCUT2D eigenvalue weighted by Gasteiger charge is -2.07. The molecule has 1 aliphatic rings.